The molecule has 3 heterocycles. The number of rotatable bonds is 3. The Hall–Kier alpha value is -2.29. The average Bonchev–Trinajstić information content (AvgIpc) is 3.24. The van der Waals surface area contributed by atoms with E-state index in [1.165, 1.54) is 0 Å². The molecule has 1 aromatic carbocycles. The first-order valence-electron chi connectivity index (χ1n) is 9.36. The van der Waals surface area contributed by atoms with Crippen LogP contribution < -0.4 is 10.9 Å². The summed E-state index contributed by atoms with van der Waals surface area (Å²) in [6.45, 7) is 2.21. The lowest BCUT2D eigenvalue weighted by Gasteiger charge is -2.36. The average molecular weight is 444 g/mol. The Kier molecular flexibility index (Phi) is 5.70. The van der Waals surface area contributed by atoms with Gasteiger partial charge in [-0.25, -0.2) is 10.9 Å². The molecule has 2 aliphatic rings. The number of carbonyl (C=O) groups excluding carboxylic acids is 2. The molecule has 2 N–H and O–H groups in total. The molecule has 0 bridgehead atoms. The van der Waals surface area contributed by atoms with Crippen LogP contribution in [0.3, 0.4) is 0 Å². The van der Waals surface area contributed by atoms with Crippen molar-refractivity contribution >= 4 is 27.7 Å². The third kappa shape index (κ3) is 4.09. The zero-order chi connectivity index (χ0) is 19.5. The number of piperazine rings is 1. The van der Waals surface area contributed by atoms with Crippen LogP contribution in [0.2, 0.25) is 0 Å². The molecule has 2 saturated heterocycles. The van der Waals surface area contributed by atoms with Crippen LogP contribution in [0.5, 0.6) is 0 Å². The van der Waals surface area contributed by atoms with Gasteiger partial charge in [0, 0.05) is 54.7 Å². The Morgan fingerprint density at radius 3 is 2.25 bits per heavy atom. The number of hydrazine groups is 1. The minimum Gasteiger partial charge on any atom is -0.338 e. The van der Waals surface area contributed by atoms with Crippen LogP contribution in [-0.4, -0.2) is 58.8 Å². The minimum atomic E-state index is -0.258. The van der Waals surface area contributed by atoms with E-state index in [1.807, 2.05) is 46.2 Å². The SMILES string of the molecule is O=C(c1ccc(Br)cc1)N1CCN(C(=O)C2CC(c3ccncc3)NN2)CC1. The topological polar surface area (TPSA) is 77.6 Å². The smallest absolute Gasteiger partial charge is 0.253 e. The van der Waals surface area contributed by atoms with E-state index in [0.717, 1.165) is 10.0 Å². The van der Waals surface area contributed by atoms with Crippen molar-refractivity contribution in [1.82, 2.24) is 25.6 Å². The second kappa shape index (κ2) is 8.38. The molecule has 0 radical (unpaired) electrons. The van der Waals surface area contributed by atoms with E-state index >= 15 is 0 Å². The van der Waals surface area contributed by atoms with Crippen LogP contribution in [0.1, 0.15) is 28.4 Å². The summed E-state index contributed by atoms with van der Waals surface area (Å²) < 4.78 is 0.946. The summed E-state index contributed by atoms with van der Waals surface area (Å²) in [6, 6.07) is 11.1. The van der Waals surface area contributed by atoms with E-state index in [0.29, 0.717) is 38.2 Å². The van der Waals surface area contributed by atoms with Crippen molar-refractivity contribution in [2.45, 2.75) is 18.5 Å². The maximum absolute atomic E-state index is 12.9. The van der Waals surface area contributed by atoms with E-state index in [1.54, 1.807) is 12.4 Å². The molecule has 146 valence electrons. The zero-order valence-electron chi connectivity index (χ0n) is 15.3. The lowest BCUT2D eigenvalue weighted by atomic mass is 10.0. The van der Waals surface area contributed by atoms with Gasteiger partial charge in [0.1, 0.15) is 6.04 Å². The molecule has 2 fully saturated rings. The van der Waals surface area contributed by atoms with Crippen molar-refractivity contribution in [3.05, 3.63) is 64.4 Å². The van der Waals surface area contributed by atoms with Crippen LogP contribution in [0.25, 0.3) is 0 Å². The third-order valence-corrected chi connectivity index (χ3v) is 5.81. The maximum atomic E-state index is 12.9. The molecule has 2 atom stereocenters. The second-order valence-electron chi connectivity index (χ2n) is 7.03. The molecular weight excluding hydrogens is 422 g/mol. The molecular formula is C20H22BrN5O2. The van der Waals surface area contributed by atoms with Gasteiger partial charge in [0.15, 0.2) is 0 Å². The Bertz CT molecular complexity index is 837. The van der Waals surface area contributed by atoms with E-state index in [9.17, 15) is 9.59 Å². The first kappa shape index (κ1) is 19.0. The van der Waals surface area contributed by atoms with E-state index in [2.05, 4.69) is 31.8 Å². The summed E-state index contributed by atoms with van der Waals surface area (Å²) in [5, 5.41) is 0. The van der Waals surface area contributed by atoms with E-state index < -0.39 is 0 Å². The molecule has 1 aromatic heterocycles. The molecule has 2 unspecified atom stereocenters. The van der Waals surface area contributed by atoms with Gasteiger partial charge in [0.2, 0.25) is 5.91 Å². The fraction of sp³-hybridized carbons (Fsp3) is 0.350. The molecule has 7 nitrogen and oxygen atoms in total. The summed E-state index contributed by atoms with van der Waals surface area (Å²) in [4.78, 5) is 33.2. The van der Waals surface area contributed by atoms with Gasteiger partial charge in [0.25, 0.3) is 5.91 Å². The Labute approximate surface area is 172 Å². The molecule has 2 aliphatic heterocycles. The van der Waals surface area contributed by atoms with Crippen LogP contribution in [0.4, 0.5) is 0 Å². The van der Waals surface area contributed by atoms with Gasteiger partial charge in [-0.3, -0.25) is 14.6 Å². The lowest BCUT2D eigenvalue weighted by molar-refractivity contribution is -0.134. The van der Waals surface area contributed by atoms with Gasteiger partial charge >= 0.3 is 0 Å². The van der Waals surface area contributed by atoms with Gasteiger partial charge in [-0.1, -0.05) is 15.9 Å². The molecule has 28 heavy (non-hydrogen) atoms. The van der Waals surface area contributed by atoms with Crippen molar-refractivity contribution in [1.29, 1.82) is 0 Å². The van der Waals surface area contributed by atoms with Crippen molar-refractivity contribution in [3.63, 3.8) is 0 Å². The van der Waals surface area contributed by atoms with Gasteiger partial charge in [0.05, 0.1) is 0 Å². The van der Waals surface area contributed by atoms with Crippen molar-refractivity contribution < 1.29 is 9.59 Å². The predicted octanol–water partition coefficient (Wildman–Crippen LogP) is 1.74. The second-order valence-corrected chi connectivity index (χ2v) is 7.95. The van der Waals surface area contributed by atoms with Crippen molar-refractivity contribution in [2.75, 3.05) is 26.2 Å². The minimum absolute atomic E-state index is 0.0120. The van der Waals surface area contributed by atoms with Gasteiger partial charge in [-0.05, 0) is 48.4 Å². The maximum Gasteiger partial charge on any atom is 0.253 e. The highest BCUT2D eigenvalue weighted by Crippen LogP contribution is 2.23. The van der Waals surface area contributed by atoms with Crippen LogP contribution in [0, 0.1) is 0 Å². The molecule has 0 saturated carbocycles. The molecule has 4 rings (SSSR count). The van der Waals surface area contributed by atoms with Crippen molar-refractivity contribution in [2.24, 2.45) is 0 Å². The Morgan fingerprint density at radius 1 is 0.929 bits per heavy atom. The normalized spacial score (nSPS) is 22.3. The first-order chi connectivity index (χ1) is 13.6. The van der Waals surface area contributed by atoms with Crippen LogP contribution >= 0.6 is 15.9 Å². The van der Waals surface area contributed by atoms with Crippen LogP contribution in [-0.2, 0) is 4.79 Å². The Balaban J connectivity index is 1.31. The van der Waals surface area contributed by atoms with Crippen LogP contribution in [0.15, 0.2) is 53.3 Å². The largest absolute Gasteiger partial charge is 0.338 e. The number of amides is 2. The highest BCUT2D eigenvalue weighted by Gasteiger charge is 2.34. The first-order valence-corrected chi connectivity index (χ1v) is 10.2. The molecule has 2 amide bonds. The monoisotopic (exact) mass is 443 g/mol. The van der Waals surface area contributed by atoms with Gasteiger partial charge < -0.3 is 9.80 Å². The van der Waals surface area contributed by atoms with E-state index in [4.69, 9.17) is 0 Å². The number of nitrogens with zero attached hydrogens (tertiary/aromatic N) is 3. The summed E-state index contributed by atoms with van der Waals surface area (Å²) in [7, 11) is 0. The number of hydrogen-bond acceptors (Lipinski definition) is 5. The molecule has 2 aromatic rings. The number of carbonyl (C=O) groups is 2. The Morgan fingerprint density at radius 2 is 1.57 bits per heavy atom. The molecule has 0 spiro atoms. The number of hydrogen-bond donors (Lipinski definition) is 2. The number of aromatic nitrogens is 1. The summed E-state index contributed by atoms with van der Waals surface area (Å²) >= 11 is 3.38. The summed E-state index contributed by atoms with van der Waals surface area (Å²) in [5.74, 6) is 0.0952. The number of halogens is 1. The fourth-order valence-corrected chi connectivity index (χ4v) is 3.92. The van der Waals surface area contributed by atoms with E-state index in [-0.39, 0.29) is 23.9 Å². The number of benzene rings is 1. The highest BCUT2D eigenvalue weighted by atomic mass is 79.9. The predicted molar refractivity (Wildman–Crippen MR) is 108 cm³/mol. The van der Waals surface area contributed by atoms with Gasteiger partial charge in [-0.15, -0.1) is 0 Å². The lowest BCUT2D eigenvalue weighted by Crippen LogP contribution is -2.54. The molecule has 8 heteroatoms. The number of nitrogens with one attached hydrogen (secondary N) is 2. The standard InChI is InChI=1S/C20H22BrN5O2/c21-16-3-1-15(2-4-16)19(27)25-9-11-26(12-10-25)20(28)18-13-17(23-24-18)14-5-7-22-8-6-14/h1-8,17-18,23-24H,9-13H2. The quantitative estimate of drug-likeness (QED) is 0.755. The van der Waals surface area contributed by atoms with Crippen molar-refractivity contribution in [3.8, 4) is 0 Å². The number of pyridine rings is 1. The summed E-state index contributed by atoms with van der Waals surface area (Å²) in [5.41, 5.74) is 8.11. The summed E-state index contributed by atoms with van der Waals surface area (Å²) in [6.07, 6.45) is 4.21. The molecule has 0 aliphatic carbocycles. The fourth-order valence-electron chi connectivity index (χ4n) is 3.66. The van der Waals surface area contributed by atoms with Gasteiger partial charge in [-0.2, -0.15) is 0 Å². The zero-order valence-corrected chi connectivity index (χ0v) is 16.9. The highest BCUT2D eigenvalue weighted by molar-refractivity contribution is 9.10. The third-order valence-electron chi connectivity index (χ3n) is 5.28.